The summed E-state index contributed by atoms with van der Waals surface area (Å²) < 4.78 is 5.35. The van der Waals surface area contributed by atoms with E-state index in [1.165, 1.54) is 4.90 Å². The van der Waals surface area contributed by atoms with Crippen LogP contribution in [0.15, 0.2) is 12.2 Å². The minimum absolute atomic E-state index is 0.146. The van der Waals surface area contributed by atoms with Crippen LogP contribution in [0.4, 0.5) is 4.79 Å². The number of rotatable bonds is 3. The van der Waals surface area contributed by atoms with Gasteiger partial charge in [-0.05, 0) is 52.9 Å². The van der Waals surface area contributed by atoms with Crippen LogP contribution >= 0.6 is 0 Å². The lowest BCUT2D eigenvalue weighted by atomic mass is 9.78. The summed E-state index contributed by atoms with van der Waals surface area (Å²) >= 11 is 0. The number of carbonyl (C=O) groups is 2. The molecule has 1 amide bonds. The molecule has 0 saturated carbocycles. The number of amides is 1. The molecule has 1 rings (SSSR count). The number of carbonyl (C=O) groups excluding carboxylic acids is 2. The van der Waals surface area contributed by atoms with Gasteiger partial charge in [-0.3, -0.25) is 4.90 Å². The standard InChI is InChI=1S/C15H25NO3/c1-14(2,3)19-13(18)16(5)15(4,11-17)12-9-7-6-8-10-12/h6-7,11-12H,8-10H2,1-5H3. The Morgan fingerprint density at radius 1 is 1.32 bits per heavy atom. The summed E-state index contributed by atoms with van der Waals surface area (Å²) in [6.45, 7) is 7.27. The molecule has 0 radical (unpaired) electrons. The molecule has 0 aliphatic heterocycles. The number of hydrogen-bond acceptors (Lipinski definition) is 3. The molecule has 1 aliphatic rings. The summed E-state index contributed by atoms with van der Waals surface area (Å²) in [4.78, 5) is 25.1. The Balaban J connectivity index is 2.85. The average Bonchev–Trinajstić information content (AvgIpc) is 2.36. The summed E-state index contributed by atoms with van der Waals surface area (Å²) in [5, 5.41) is 0. The van der Waals surface area contributed by atoms with Crippen molar-refractivity contribution in [1.29, 1.82) is 0 Å². The third-order valence-electron chi connectivity index (χ3n) is 3.72. The van der Waals surface area contributed by atoms with Crippen molar-refractivity contribution in [2.24, 2.45) is 5.92 Å². The first-order valence-corrected chi connectivity index (χ1v) is 6.79. The third kappa shape index (κ3) is 3.82. The van der Waals surface area contributed by atoms with Crippen molar-refractivity contribution in [3.05, 3.63) is 12.2 Å². The van der Waals surface area contributed by atoms with E-state index in [0.29, 0.717) is 0 Å². The van der Waals surface area contributed by atoms with Crippen LogP contribution < -0.4 is 0 Å². The van der Waals surface area contributed by atoms with Gasteiger partial charge in [0.2, 0.25) is 0 Å². The van der Waals surface area contributed by atoms with Gasteiger partial charge in [0.1, 0.15) is 17.4 Å². The van der Waals surface area contributed by atoms with E-state index in [-0.39, 0.29) is 5.92 Å². The molecular weight excluding hydrogens is 242 g/mol. The largest absolute Gasteiger partial charge is 0.444 e. The average molecular weight is 267 g/mol. The quantitative estimate of drug-likeness (QED) is 0.583. The number of nitrogens with zero attached hydrogens (tertiary/aromatic N) is 1. The molecule has 19 heavy (non-hydrogen) atoms. The lowest BCUT2D eigenvalue weighted by Crippen LogP contribution is -2.55. The normalized spacial score (nSPS) is 22.5. The summed E-state index contributed by atoms with van der Waals surface area (Å²) in [5.41, 5.74) is -1.37. The van der Waals surface area contributed by atoms with Crippen LogP contribution in [0.2, 0.25) is 0 Å². The predicted octanol–water partition coefficient (Wildman–Crippen LogP) is 3.17. The fraction of sp³-hybridized carbons (Fsp3) is 0.733. The van der Waals surface area contributed by atoms with Gasteiger partial charge < -0.3 is 9.53 Å². The number of hydrogen-bond donors (Lipinski definition) is 0. The number of likely N-dealkylation sites (N-methyl/N-ethyl adjacent to an activating group) is 1. The molecule has 4 nitrogen and oxygen atoms in total. The van der Waals surface area contributed by atoms with E-state index < -0.39 is 17.2 Å². The monoisotopic (exact) mass is 267 g/mol. The molecule has 108 valence electrons. The smallest absolute Gasteiger partial charge is 0.410 e. The van der Waals surface area contributed by atoms with Gasteiger partial charge in [-0.25, -0.2) is 4.79 Å². The van der Waals surface area contributed by atoms with Gasteiger partial charge in [-0.1, -0.05) is 12.2 Å². The second-order valence-electron chi connectivity index (χ2n) is 6.36. The van der Waals surface area contributed by atoms with E-state index in [1.54, 1.807) is 7.05 Å². The Bertz CT molecular complexity index is 370. The van der Waals surface area contributed by atoms with E-state index in [9.17, 15) is 9.59 Å². The van der Waals surface area contributed by atoms with Crippen molar-refractivity contribution in [2.45, 2.75) is 58.1 Å². The highest BCUT2D eigenvalue weighted by Gasteiger charge is 2.41. The fourth-order valence-corrected chi connectivity index (χ4v) is 2.30. The highest BCUT2D eigenvalue weighted by Crippen LogP contribution is 2.32. The molecule has 0 spiro atoms. The van der Waals surface area contributed by atoms with Gasteiger partial charge in [0.05, 0.1) is 0 Å². The van der Waals surface area contributed by atoms with E-state index >= 15 is 0 Å². The summed E-state index contributed by atoms with van der Waals surface area (Å²) in [6.07, 6.45) is 7.32. The van der Waals surface area contributed by atoms with Gasteiger partial charge in [0.25, 0.3) is 0 Å². The topological polar surface area (TPSA) is 46.6 Å². The highest BCUT2D eigenvalue weighted by molar-refractivity contribution is 5.76. The molecule has 2 unspecified atom stereocenters. The SMILES string of the molecule is CN(C(=O)OC(C)(C)C)C(C)(C=O)C1CC=CCC1. The number of ether oxygens (including phenoxy) is 1. The molecule has 0 fully saturated rings. The lowest BCUT2D eigenvalue weighted by Gasteiger charge is -2.41. The molecule has 4 heteroatoms. The maximum atomic E-state index is 12.1. The van der Waals surface area contributed by atoms with Crippen LogP contribution in [0.5, 0.6) is 0 Å². The molecule has 0 bridgehead atoms. The highest BCUT2D eigenvalue weighted by atomic mass is 16.6. The van der Waals surface area contributed by atoms with E-state index in [4.69, 9.17) is 4.74 Å². The van der Waals surface area contributed by atoms with Crippen molar-refractivity contribution >= 4 is 12.4 Å². The second-order valence-corrected chi connectivity index (χ2v) is 6.36. The fourth-order valence-electron chi connectivity index (χ4n) is 2.30. The predicted molar refractivity (Wildman–Crippen MR) is 74.9 cm³/mol. The summed E-state index contributed by atoms with van der Waals surface area (Å²) in [7, 11) is 1.64. The first-order valence-electron chi connectivity index (χ1n) is 6.79. The van der Waals surface area contributed by atoms with Crippen LogP contribution in [-0.4, -0.2) is 35.5 Å². The molecule has 0 aromatic rings. The lowest BCUT2D eigenvalue weighted by molar-refractivity contribution is -0.120. The number of allylic oxidation sites excluding steroid dienone is 2. The first kappa shape index (κ1) is 15.7. The zero-order valence-electron chi connectivity index (χ0n) is 12.6. The minimum Gasteiger partial charge on any atom is -0.444 e. The van der Waals surface area contributed by atoms with E-state index in [0.717, 1.165) is 25.5 Å². The van der Waals surface area contributed by atoms with E-state index in [2.05, 4.69) is 12.2 Å². The van der Waals surface area contributed by atoms with Gasteiger partial charge in [0.15, 0.2) is 0 Å². The molecule has 0 saturated heterocycles. The molecule has 0 heterocycles. The first-order chi connectivity index (χ1) is 8.70. The van der Waals surface area contributed by atoms with Crippen LogP contribution in [0.25, 0.3) is 0 Å². The Morgan fingerprint density at radius 3 is 2.37 bits per heavy atom. The van der Waals surface area contributed by atoms with Crippen LogP contribution in [-0.2, 0) is 9.53 Å². The Hall–Kier alpha value is -1.32. The van der Waals surface area contributed by atoms with Crippen molar-refractivity contribution in [2.75, 3.05) is 7.05 Å². The summed E-state index contributed by atoms with van der Waals surface area (Å²) in [5.74, 6) is 0.146. The van der Waals surface area contributed by atoms with Crippen LogP contribution in [0.3, 0.4) is 0 Å². The van der Waals surface area contributed by atoms with Crippen molar-refractivity contribution in [3.8, 4) is 0 Å². The zero-order valence-corrected chi connectivity index (χ0v) is 12.6. The van der Waals surface area contributed by atoms with Gasteiger partial charge >= 0.3 is 6.09 Å². The second kappa shape index (κ2) is 5.76. The molecule has 0 aromatic heterocycles. The number of aldehydes is 1. The zero-order chi connectivity index (χ0) is 14.7. The Kier molecular flexibility index (Phi) is 4.77. The van der Waals surface area contributed by atoms with Crippen molar-refractivity contribution in [1.82, 2.24) is 4.90 Å². The van der Waals surface area contributed by atoms with Gasteiger partial charge in [-0.2, -0.15) is 0 Å². The Morgan fingerprint density at radius 2 is 1.95 bits per heavy atom. The maximum absolute atomic E-state index is 12.1. The summed E-state index contributed by atoms with van der Waals surface area (Å²) in [6, 6.07) is 0. The molecule has 0 N–H and O–H groups in total. The molecule has 0 aromatic carbocycles. The van der Waals surface area contributed by atoms with Crippen LogP contribution in [0, 0.1) is 5.92 Å². The minimum atomic E-state index is -0.812. The molecule has 1 aliphatic carbocycles. The van der Waals surface area contributed by atoms with Crippen molar-refractivity contribution in [3.63, 3.8) is 0 Å². The maximum Gasteiger partial charge on any atom is 0.410 e. The van der Waals surface area contributed by atoms with Crippen LogP contribution in [0.1, 0.15) is 47.0 Å². The van der Waals surface area contributed by atoms with Gasteiger partial charge in [-0.15, -0.1) is 0 Å². The van der Waals surface area contributed by atoms with Gasteiger partial charge in [0, 0.05) is 7.05 Å². The Labute approximate surface area is 115 Å². The molecular formula is C15H25NO3. The molecule has 2 atom stereocenters. The van der Waals surface area contributed by atoms with Crippen molar-refractivity contribution < 1.29 is 14.3 Å². The van der Waals surface area contributed by atoms with E-state index in [1.807, 2.05) is 27.7 Å². The third-order valence-corrected chi connectivity index (χ3v) is 3.72.